The predicted octanol–water partition coefficient (Wildman–Crippen LogP) is 4.29. The fourth-order valence-corrected chi connectivity index (χ4v) is 7.53. The van der Waals surface area contributed by atoms with E-state index in [2.05, 4.69) is 22.0 Å². The summed E-state index contributed by atoms with van der Waals surface area (Å²) in [5.41, 5.74) is 1.21. The van der Waals surface area contributed by atoms with Crippen molar-refractivity contribution in [3.05, 3.63) is 58.4 Å². The maximum Gasteiger partial charge on any atom is 0.416 e. The van der Waals surface area contributed by atoms with Crippen molar-refractivity contribution in [3.63, 3.8) is 0 Å². The molecule has 1 N–H and O–H groups in total. The van der Waals surface area contributed by atoms with Crippen molar-refractivity contribution in [2.75, 3.05) is 33.3 Å². The van der Waals surface area contributed by atoms with Crippen molar-refractivity contribution in [1.29, 1.82) is 0 Å². The highest BCUT2D eigenvalue weighted by Gasteiger charge is 2.63. The standard InChI is InChI=1S/C30H36F3N3O3/c1-19-13-21-14-26-29(38)8-12-35(27(37)16-23-15-22(5-9-34-23)30(31,32)33)10-6-28(29,24(21)17-25(19)39-2)7-11-36(26)18-20-3-4-20/h5,9,13,15,17,20,26,38H,3-4,6-8,10-12,14,16,18H2,1-2H3. The number of amides is 1. The van der Waals surface area contributed by atoms with E-state index in [0.717, 1.165) is 61.1 Å². The van der Waals surface area contributed by atoms with Crippen LogP contribution in [-0.4, -0.2) is 70.7 Å². The minimum absolute atomic E-state index is 0.0349. The normalized spacial score (nSPS) is 28.9. The first-order valence-corrected chi connectivity index (χ1v) is 14.0. The van der Waals surface area contributed by atoms with Gasteiger partial charge in [0.15, 0.2) is 0 Å². The molecule has 1 amide bonds. The number of pyridine rings is 1. The van der Waals surface area contributed by atoms with Gasteiger partial charge in [-0.05, 0) is 92.8 Å². The van der Waals surface area contributed by atoms with Gasteiger partial charge in [-0.2, -0.15) is 13.2 Å². The molecule has 2 aliphatic heterocycles. The van der Waals surface area contributed by atoms with Gasteiger partial charge in [0.2, 0.25) is 5.91 Å². The molecule has 9 heteroatoms. The second-order valence-electron chi connectivity index (χ2n) is 12.0. The van der Waals surface area contributed by atoms with Crippen molar-refractivity contribution in [2.24, 2.45) is 5.92 Å². The van der Waals surface area contributed by atoms with Gasteiger partial charge in [-0.25, -0.2) is 0 Å². The zero-order valence-corrected chi connectivity index (χ0v) is 22.6. The number of aromatic nitrogens is 1. The number of rotatable bonds is 5. The zero-order chi connectivity index (χ0) is 27.6. The third-order valence-corrected chi connectivity index (χ3v) is 9.79. The lowest BCUT2D eigenvalue weighted by Crippen LogP contribution is -2.71. The molecule has 1 aromatic carbocycles. The summed E-state index contributed by atoms with van der Waals surface area (Å²) < 4.78 is 45.3. The summed E-state index contributed by atoms with van der Waals surface area (Å²) in [6.45, 7) is 4.75. The Morgan fingerprint density at radius 2 is 1.90 bits per heavy atom. The highest BCUT2D eigenvalue weighted by molar-refractivity contribution is 5.78. The smallest absolute Gasteiger partial charge is 0.416 e. The van der Waals surface area contributed by atoms with Crippen molar-refractivity contribution < 1.29 is 27.8 Å². The van der Waals surface area contributed by atoms with Gasteiger partial charge in [0.1, 0.15) is 5.75 Å². The van der Waals surface area contributed by atoms with Crippen molar-refractivity contribution in [1.82, 2.24) is 14.8 Å². The third kappa shape index (κ3) is 4.51. The molecule has 0 spiro atoms. The molecule has 4 aliphatic rings. The number of ether oxygens (including phenoxy) is 1. The minimum atomic E-state index is -4.49. The zero-order valence-electron chi connectivity index (χ0n) is 22.6. The maximum atomic E-state index is 13.4. The van der Waals surface area contributed by atoms with Crippen molar-refractivity contribution in [2.45, 2.75) is 75.1 Å². The van der Waals surface area contributed by atoms with E-state index in [0.29, 0.717) is 31.8 Å². The molecule has 6 nitrogen and oxygen atoms in total. The van der Waals surface area contributed by atoms with Gasteiger partial charge < -0.3 is 14.7 Å². The lowest BCUT2D eigenvalue weighted by Gasteiger charge is -2.61. The summed E-state index contributed by atoms with van der Waals surface area (Å²) in [6, 6.07) is 6.14. The summed E-state index contributed by atoms with van der Waals surface area (Å²) >= 11 is 0. The van der Waals surface area contributed by atoms with Crippen LogP contribution in [0, 0.1) is 12.8 Å². The molecule has 39 heavy (non-hydrogen) atoms. The monoisotopic (exact) mass is 543 g/mol. The number of carbonyl (C=O) groups excluding carboxylic acids is 1. The van der Waals surface area contributed by atoms with E-state index in [4.69, 9.17) is 4.74 Å². The number of likely N-dealkylation sites (tertiary alicyclic amines) is 2. The number of fused-ring (bicyclic) bond motifs is 1. The highest BCUT2D eigenvalue weighted by atomic mass is 19.4. The molecule has 2 saturated heterocycles. The predicted molar refractivity (Wildman–Crippen MR) is 140 cm³/mol. The first kappa shape index (κ1) is 26.6. The Bertz CT molecular complexity index is 1280. The number of methoxy groups -OCH3 is 1. The fourth-order valence-electron chi connectivity index (χ4n) is 7.53. The molecular formula is C30H36F3N3O3. The summed E-state index contributed by atoms with van der Waals surface area (Å²) in [6.07, 6.45) is 1.48. The lowest BCUT2D eigenvalue weighted by atomic mass is 9.52. The second-order valence-corrected chi connectivity index (χ2v) is 12.0. The van der Waals surface area contributed by atoms with Crippen LogP contribution in [0.3, 0.4) is 0 Å². The minimum Gasteiger partial charge on any atom is -0.496 e. The van der Waals surface area contributed by atoms with E-state index in [-0.39, 0.29) is 24.1 Å². The number of aliphatic hydroxyl groups is 1. The Labute approximate surface area is 227 Å². The summed E-state index contributed by atoms with van der Waals surface area (Å²) in [5, 5.41) is 12.7. The van der Waals surface area contributed by atoms with Crippen LogP contribution in [-0.2, 0) is 29.2 Å². The van der Waals surface area contributed by atoms with Crippen LogP contribution in [0.1, 0.15) is 60.1 Å². The topological polar surface area (TPSA) is 65.9 Å². The Hall–Kier alpha value is -2.65. The molecule has 2 bridgehead atoms. The van der Waals surface area contributed by atoms with Gasteiger partial charge in [0.25, 0.3) is 0 Å². The van der Waals surface area contributed by atoms with Crippen LogP contribution in [0.2, 0.25) is 0 Å². The molecule has 3 heterocycles. The molecule has 2 aromatic rings. The Morgan fingerprint density at radius 3 is 2.62 bits per heavy atom. The SMILES string of the molecule is COc1cc2c(cc1C)CC1N(CC3CC3)CCC23CCN(C(=O)Cc2cc(C(F)(F)F)ccn2)CCC13O. The molecule has 3 atom stereocenters. The molecule has 3 unspecified atom stereocenters. The van der Waals surface area contributed by atoms with Crippen LogP contribution in [0.15, 0.2) is 30.5 Å². The van der Waals surface area contributed by atoms with E-state index >= 15 is 0 Å². The maximum absolute atomic E-state index is 13.4. The van der Waals surface area contributed by atoms with E-state index in [9.17, 15) is 23.1 Å². The Morgan fingerprint density at radius 1 is 1.15 bits per heavy atom. The number of halogens is 3. The van der Waals surface area contributed by atoms with E-state index in [1.807, 2.05) is 6.92 Å². The summed E-state index contributed by atoms with van der Waals surface area (Å²) in [4.78, 5) is 21.6. The van der Waals surface area contributed by atoms with E-state index < -0.39 is 22.8 Å². The molecule has 2 aliphatic carbocycles. The van der Waals surface area contributed by atoms with Crippen LogP contribution < -0.4 is 4.74 Å². The third-order valence-electron chi connectivity index (χ3n) is 9.79. The number of alkyl halides is 3. The Kier molecular flexibility index (Phi) is 6.45. The van der Waals surface area contributed by atoms with Gasteiger partial charge >= 0.3 is 6.18 Å². The van der Waals surface area contributed by atoms with Gasteiger partial charge in [0.05, 0.1) is 30.4 Å². The molecule has 0 radical (unpaired) electrons. The molecule has 1 saturated carbocycles. The average molecular weight is 544 g/mol. The van der Waals surface area contributed by atoms with Gasteiger partial charge in [-0.1, -0.05) is 6.07 Å². The van der Waals surface area contributed by atoms with E-state index in [1.165, 1.54) is 18.4 Å². The van der Waals surface area contributed by atoms with Crippen molar-refractivity contribution in [3.8, 4) is 5.75 Å². The number of nitrogens with zero attached hydrogens (tertiary/aromatic N) is 3. The average Bonchev–Trinajstić information content (AvgIpc) is 3.72. The quantitative estimate of drug-likeness (QED) is 0.610. The van der Waals surface area contributed by atoms with Crippen LogP contribution in [0.25, 0.3) is 0 Å². The first-order valence-electron chi connectivity index (χ1n) is 14.0. The van der Waals surface area contributed by atoms with Gasteiger partial charge in [-0.15, -0.1) is 0 Å². The second kappa shape index (κ2) is 9.47. The fraction of sp³-hybridized carbons (Fsp3) is 0.600. The van der Waals surface area contributed by atoms with E-state index in [1.54, 1.807) is 12.0 Å². The summed E-state index contributed by atoms with van der Waals surface area (Å²) in [7, 11) is 1.66. The van der Waals surface area contributed by atoms with Crippen LogP contribution >= 0.6 is 0 Å². The van der Waals surface area contributed by atoms with Gasteiger partial charge in [0, 0.05) is 37.3 Å². The number of carbonyl (C=O) groups is 1. The number of hydrogen-bond acceptors (Lipinski definition) is 5. The molecular weight excluding hydrogens is 507 g/mol. The first-order chi connectivity index (χ1) is 18.5. The lowest BCUT2D eigenvalue weighted by molar-refractivity contribution is -0.149. The molecule has 210 valence electrons. The van der Waals surface area contributed by atoms with Crippen molar-refractivity contribution >= 4 is 5.91 Å². The number of benzene rings is 1. The highest BCUT2D eigenvalue weighted by Crippen LogP contribution is 2.57. The molecule has 1 aromatic heterocycles. The summed E-state index contributed by atoms with van der Waals surface area (Å²) in [5.74, 6) is 1.24. The number of aryl methyl sites for hydroxylation is 1. The number of hydrogen-bond donors (Lipinski definition) is 1. The molecule has 6 rings (SSSR count). The number of piperidine rings is 1. The molecule has 3 fully saturated rings. The Balaban J connectivity index is 1.32. The van der Waals surface area contributed by atoms with Crippen LogP contribution in [0.4, 0.5) is 13.2 Å². The largest absolute Gasteiger partial charge is 0.496 e. The van der Waals surface area contributed by atoms with Crippen LogP contribution in [0.5, 0.6) is 5.75 Å². The van der Waals surface area contributed by atoms with Gasteiger partial charge in [-0.3, -0.25) is 14.7 Å².